The zero-order chi connectivity index (χ0) is 53.6. The monoisotopic (exact) mass is 1030 g/mol. The molecule has 80 heavy (non-hydrogen) atoms. The Kier molecular flexibility index (Phi) is 13.9. The lowest BCUT2D eigenvalue weighted by Crippen LogP contribution is -2.18. The lowest BCUT2D eigenvalue weighted by Gasteiger charge is -2.30. The van der Waals surface area contributed by atoms with Gasteiger partial charge in [-0.05, 0) is 185 Å². The van der Waals surface area contributed by atoms with E-state index in [2.05, 4.69) is 348 Å². The Bertz CT molecular complexity index is 3690. The van der Waals surface area contributed by atoms with Gasteiger partial charge >= 0.3 is 0 Å². The minimum atomic E-state index is -0.131. The Labute approximate surface area is 471 Å². The molecule has 0 spiro atoms. The molecule has 11 aromatic carbocycles. The second kappa shape index (κ2) is 22.4. The molecule has 384 valence electrons. The number of nitrogens with zero attached hydrogens (tertiary/aromatic N) is 4. The molecule has 0 amide bonds. The van der Waals surface area contributed by atoms with Gasteiger partial charge in [-0.15, -0.1) is 0 Å². The summed E-state index contributed by atoms with van der Waals surface area (Å²) < 4.78 is 0. The van der Waals surface area contributed by atoms with E-state index in [0.29, 0.717) is 0 Å². The number of fused-ring (bicyclic) bond motifs is 3. The summed E-state index contributed by atoms with van der Waals surface area (Å²) in [5, 5.41) is 0. The SMILES string of the molecule is CCc1cc(N(c2ccccc2)c2ccccc2)ccc1C1=CC(C2c3cc(N(c4ccccc4)c4ccccc4)ccc3-c3ccc(N(c4ccccc4)c4ccccc4)cc32)C=C(N(c2ccccc2)c2ccccc2)C=C1. The lowest BCUT2D eigenvalue weighted by molar-refractivity contribution is 0.698. The topological polar surface area (TPSA) is 13.0 Å². The summed E-state index contributed by atoms with van der Waals surface area (Å²) in [7, 11) is 0. The Morgan fingerprint density at radius 2 is 0.575 bits per heavy atom. The van der Waals surface area contributed by atoms with Gasteiger partial charge in [-0.25, -0.2) is 0 Å². The van der Waals surface area contributed by atoms with Gasteiger partial charge in [-0.2, -0.15) is 0 Å². The number of anilines is 11. The van der Waals surface area contributed by atoms with Crippen molar-refractivity contribution >= 4 is 68.1 Å². The van der Waals surface area contributed by atoms with Crippen LogP contribution in [-0.2, 0) is 6.42 Å². The number of para-hydroxylation sites is 8. The maximum Gasteiger partial charge on any atom is 0.0465 e. The maximum absolute atomic E-state index is 2.57. The third kappa shape index (κ3) is 9.80. The van der Waals surface area contributed by atoms with Gasteiger partial charge in [0.05, 0.1) is 0 Å². The molecule has 0 saturated carbocycles. The third-order valence-corrected chi connectivity index (χ3v) is 15.5. The molecule has 2 aliphatic rings. The molecule has 0 fully saturated rings. The van der Waals surface area contributed by atoms with Gasteiger partial charge in [-0.1, -0.05) is 189 Å². The van der Waals surface area contributed by atoms with Crippen molar-refractivity contribution in [2.45, 2.75) is 19.3 Å². The van der Waals surface area contributed by atoms with Crippen molar-refractivity contribution < 1.29 is 0 Å². The molecule has 0 radical (unpaired) electrons. The van der Waals surface area contributed by atoms with Gasteiger partial charge in [0, 0.05) is 80.1 Å². The van der Waals surface area contributed by atoms with E-state index in [1.54, 1.807) is 0 Å². The van der Waals surface area contributed by atoms with Crippen LogP contribution in [0, 0.1) is 5.92 Å². The first-order chi connectivity index (χ1) is 39.7. The van der Waals surface area contributed by atoms with Crippen LogP contribution >= 0.6 is 0 Å². The van der Waals surface area contributed by atoms with Crippen molar-refractivity contribution in [3.63, 3.8) is 0 Å². The molecule has 0 aliphatic heterocycles. The fourth-order valence-electron chi connectivity index (χ4n) is 11.9. The minimum Gasteiger partial charge on any atom is -0.311 e. The van der Waals surface area contributed by atoms with Crippen LogP contribution in [0.5, 0.6) is 0 Å². The highest BCUT2D eigenvalue weighted by molar-refractivity contribution is 5.89. The summed E-state index contributed by atoms with van der Waals surface area (Å²) in [6.07, 6.45) is 10.7. The van der Waals surface area contributed by atoms with Crippen molar-refractivity contribution in [3.05, 3.63) is 350 Å². The fraction of sp³-hybridized carbons (Fsp3) is 0.0526. The normalized spacial score (nSPS) is 13.5. The van der Waals surface area contributed by atoms with Crippen LogP contribution in [0.2, 0.25) is 0 Å². The first kappa shape index (κ1) is 49.4. The van der Waals surface area contributed by atoms with E-state index in [0.717, 1.165) is 74.7 Å². The van der Waals surface area contributed by atoms with Crippen LogP contribution in [-0.4, -0.2) is 0 Å². The van der Waals surface area contributed by atoms with Gasteiger partial charge in [0.25, 0.3) is 0 Å². The van der Waals surface area contributed by atoms with E-state index in [1.807, 2.05) is 0 Å². The number of hydrogen-bond donors (Lipinski definition) is 0. The van der Waals surface area contributed by atoms with E-state index >= 15 is 0 Å². The van der Waals surface area contributed by atoms with E-state index < -0.39 is 0 Å². The Morgan fingerprint density at radius 3 is 0.900 bits per heavy atom. The first-order valence-electron chi connectivity index (χ1n) is 27.8. The molecular formula is C76H60N4. The third-order valence-electron chi connectivity index (χ3n) is 15.5. The second-order valence-electron chi connectivity index (χ2n) is 20.4. The number of allylic oxidation sites excluding steroid dienone is 5. The highest BCUT2D eigenvalue weighted by atomic mass is 15.2. The Morgan fingerprint density at radius 1 is 0.275 bits per heavy atom. The Balaban J connectivity index is 1.04. The summed E-state index contributed by atoms with van der Waals surface area (Å²) in [4.78, 5) is 9.57. The predicted molar refractivity (Wildman–Crippen MR) is 337 cm³/mol. The van der Waals surface area contributed by atoms with Gasteiger partial charge in [-0.3, -0.25) is 0 Å². The summed E-state index contributed by atoms with van der Waals surface area (Å²) in [5.41, 5.74) is 22.0. The zero-order valence-electron chi connectivity index (χ0n) is 44.8. The number of rotatable bonds is 15. The molecule has 0 saturated heterocycles. The summed E-state index contributed by atoms with van der Waals surface area (Å²) in [5.74, 6) is -0.232. The highest BCUT2D eigenvalue weighted by Crippen LogP contribution is 2.54. The van der Waals surface area contributed by atoms with Crippen molar-refractivity contribution in [1.82, 2.24) is 0 Å². The summed E-state index contributed by atoms with van der Waals surface area (Å²) >= 11 is 0. The summed E-state index contributed by atoms with van der Waals surface area (Å²) in [6, 6.07) is 108. The average Bonchev–Trinajstić information content (AvgIpc) is 3.85. The van der Waals surface area contributed by atoms with Gasteiger partial charge in [0.1, 0.15) is 0 Å². The second-order valence-corrected chi connectivity index (χ2v) is 20.4. The molecule has 13 rings (SSSR count). The van der Waals surface area contributed by atoms with Crippen molar-refractivity contribution in [2.75, 3.05) is 19.6 Å². The maximum atomic E-state index is 2.57. The van der Waals surface area contributed by atoms with Crippen molar-refractivity contribution in [2.24, 2.45) is 5.92 Å². The Hall–Kier alpha value is -10.2. The quantitative estimate of drug-likeness (QED) is 0.101. The van der Waals surface area contributed by atoms with Crippen LogP contribution in [0.3, 0.4) is 0 Å². The first-order valence-corrected chi connectivity index (χ1v) is 27.8. The van der Waals surface area contributed by atoms with Crippen LogP contribution in [0.25, 0.3) is 16.7 Å². The molecule has 0 N–H and O–H groups in total. The number of benzene rings is 11. The predicted octanol–water partition coefficient (Wildman–Crippen LogP) is 20.8. The van der Waals surface area contributed by atoms with Crippen molar-refractivity contribution in [3.8, 4) is 11.1 Å². The van der Waals surface area contributed by atoms with E-state index in [-0.39, 0.29) is 11.8 Å². The minimum absolute atomic E-state index is 0.101. The average molecular weight is 1030 g/mol. The molecule has 4 nitrogen and oxygen atoms in total. The van der Waals surface area contributed by atoms with E-state index in [9.17, 15) is 0 Å². The van der Waals surface area contributed by atoms with Gasteiger partial charge in [0.2, 0.25) is 0 Å². The molecule has 1 atom stereocenters. The van der Waals surface area contributed by atoms with Crippen LogP contribution in [0.4, 0.5) is 62.6 Å². The van der Waals surface area contributed by atoms with Gasteiger partial charge in [0.15, 0.2) is 0 Å². The van der Waals surface area contributed by atoms with Crippen LogP contribution in [0.1, 0.15) is 35.1 Å². The van der Waals surface area contributed by atoms with Gasteiger partial charge < -0.3 is 19.6 Å². The van der Waals surface area contributed by atoms with Crippen molar-refractivity contribution in [1.29, 1.82) is 0 Å². The van der Waals surface area contributed by atoms with E-state index in [1.165, 1.54) is 39.0 Å². The molecule has 0 aromatic heterocycles. The molecule has 0 bridgehead atoms. The lowest BCUT2D eigenvalue weighted by atomic mass is 9.81. The fourth-order valence-corrected chi connectivity index (χ4v) is 11.9. The standard InChI is InChI=1S/C76H60N4/c1-2-56-52-68(78(61-31-15-5-16-32-61)62-33-17-6-18-34-62)45-48-71(56)57-43-44-67(77(59-27-11-3-12-28-59)60-29-13-4-14-30-60)53-58(51-57)76-74-54-69(79(63-35-19-7-20-36-63)64-37-21-8-22-38-64)46-49-72(74)73-50-47-70(55-75(73)76)80(65-39-23-9-24-40-65)66-41-25-10-26-42-66/h3-55,58,76H,2H2,1H3. The zero-order valence-corrected chi connectivity index (χ0v) is 44.8. The molecule has 4 heteroatoms. The largest absolute Gasteiger partial charge is 0.311 e. The molecular weight excluding hydrogens is 969 g/mol. The molecule has 0 heterocycles. The van der Waals surface area contributed by atoms with Crippen LogP contribution < -0.4 is 19.6 Å². The number of aryl methyl sites for hydroxylation is 1. The van der Waals surface area contributed by atoms with Crippen LogP contribution in [0.15, 0.2) is 327 Å². The van der Waals surface area contributed by atoms with E-state index in [4.69, 9.17) is 0 Å². The molecule has 2 aliphatic carbocycles. The molecule has 1 unspecified atom stereocenters. The summed E-state index contributed by atoms with van der Waals surface area (Å²) in [6.45, 7) is 2.29. The smallest absolute Gasteiger partial charge is 0.0465 e. The highest BCUT2D eigenvalue weighted by Gasteiger charge is 2.36. The molecule has 11 aromatic rings. The number of hydrogen-bond acceptors (Lipinski definition) is 4.